The van der Waals surface area contributed by atoms with E-state index in [2.05, 4.69) is 9.72 Å². The molecule has 0 amide bonds. The Kier molecular flexibility index (Phi) is 5.53. The summed E-state index contributed by atoms with van der Waals surface area (Å²) in [5, 5.41) is 0. The molecule has 0 saturated heterocycles. The van der Waals surface area contributed by atoms with Crippen molar-refractivity contribution in [2.24, 2.45) is 5.73 Å². The summed E-state index contributed by atoms with van der Waals surface area (Å²) < 4.78 is 40.0. The van der Waals surface area contributed by atoms with Crippen LogP contribution in [0.25, 0.3) is 0 Å². The van der Waals surface area contributed by atoms with Crippen molar-refractivity contribution in [2.45, 2.75) is 19.1 Å². The van der Waals surface area contributed by atoms with Gasteiger partial charge in [0.2, 0.25) is 0 Å². The number of ether oxygens (including phenoxy) is 1. The average Bonchev–Trinajstić information content (AvgIpc) is 2.14. The molecule has 0 aliphatic carbocycles. The minimum absolute atomic E-state index is 0. The van der Waals surface area contributed by atoms with Gasteiger partial charge in [-0.1, -0.05) is 0 Å². The van der Waals surface area contributed by atoms with Crippen LogP contribution in [0.1, 0.15) is 18.7 Å². The number of nitrogens with zero attached hydrogens (tertiary/aromatic N) is 1. The Morgan fingerprint density at radius 1 is 1.50 bits per heavy atom. The molecule has 0 radical (unpaired) electrons. The van der Waals surface area contributed by atoms with Crippen LogP contribution in [-0.4, -0.2) is 17.8 Å². The molecule has 0 saturated carbocycles. The molecule has 0 aliphatic heterocycles. The van der Waals surface area contributed by atoms with E-state index in [1.54, 1.807) is 6.92 Å². The lowest BCUT2D eigenvalue weighted by atomic mass is 10.2. The van der Waals surface area contributed by atoms with Crippen molar-refractivity contribution in [3.63, 3.8) is 0 Å². The fraction of sp³-hybridized carbons (Fsp3) is 0.444. The first-order valence-electron chi connectivity index (χ1n) is 4.29. The topological polar surface area (TPSA) is 48.1 Å². The summed E-state index contributed by atoms with van der Waals surface area (Å²) in [6, 6.07) is 2.42. The number of hydrogen-bond donors (Lipinski definition) is 1. The van der Waals surface area contributed by atoms with E-state index in [4.69, 9.17) is 5.73 Å². The number of halogens is 4. The normalized spacial score (nSPS) is 12.8. The molecule has 0 fully saturated rings. The van der Waals surface area contributed by atoms with Crippen LogP contribution in [0.4, 0.5) is 13.2 Å². The largest absolute Gasteiger partial charge is 0.484 e. The van der Waals surface area contributed by atoms with Crippen LogP contribution in [0.15, 0.2) is 18.3 Å². The summed E-state index contributed by atoms with van der Waals surface area (Å²) in [6.45, 7) is 0.380. The van der Waals surface area contributed by atoms with Gasteiger partial charge >= 0.3 is 6.18 Å². The highest BCUT2D eigenvalue weighted by Crippen LogP contribution is 2.19. The Morgan fingerprint density at radius 3 is 2.62 bits per heavy atom. The van der Waals surface area contributed by atoms with E-state index in [9.17, 15) is 13.2 Å². The summed E-state index contributed by atoms with van der Waals surface area (Å²) in [6.07, 6.45) is -2.97. The van der Waals surface area contributed by atoms with Crippen LogP contribution in [-0.2, 0) is 0 Å². The Labute approximate surface area is 97.2 Å². The summed E-state index contributed by atoms with van der Waals surface area (Å²) in [5.41, 5.74) is 6.02. The number of alkyl halides is 3. The van der Waals surface area contributed by atoms with Gasteiger partial charge < -0.3 is 10.5 Å². The number of rotatable bonds is 3. The van der Waals surface area contributed by atoms with Crippen LogP contribution in [0.5, 0.6) is 5.75 Å². The van der Waals surface area contributed by atoms with Crippen molar-refractivity contribution in [2.75, 3.05) is 6.61 Å². The zero-order valence-corrected chi connectivity index (χ0v) is 9.31. The molecular formula is C9H12ClF3N2O. The zero-order chi connectivity index (χ0) is 11.5. The second-order valence-electron chi connectivity index (χ2n) is 3.11. The van der Waals surface area contributed by atoms with Gasteiger partial charge in [-0.15, -0.1) is 12.4 Å². The lowest BCUT2D eigenvalue weighted by Crippen LogP contribution is -2.19. The second kappa shape index (κ2) is 5.91. The molecule has 0 spiro atoms. The quantitative estimate of drug-likeness (QED) is 0.904. The van der Waals surface area contributed by atoms with Gasteiger partial charge in [0.1, 0.15) is 5.75 Å². The molecule has 1 atom stereocenters. The number of hydrogen-bond acceptors (Lipinski definition) is 3. The molecule has 1 unspecified atom stereocenters. The fourth-order valence-corrected chi connectivity index (χ4v) is 0.932. The monoisotopic (exact) mass is 256 g/mol. The Morgan fingerprint density at radius 2 is 2.12 bits per heavy atom. The number of pyridine rings is 1. The van der Waals surface area contributed by atoms with E-state index < -0.39 is 12.8 Å². The van der Waals surface area contributed by atoms with E-state index in [1.165, 1.54) is 18.3 Å². The maximum atomic E-state index is 11.8. The smallest absolute Gasteiger partial charge is 0.422 e. The van der Waals surface area contributed by atoms with Crippen molar-refractivity contribution >= 4 is 12.4 Å². The first-order valence-corrected chi connectivity index (χ1v) is 4.29. The van der Waals surface area contributed by atoms with E-state index in [1.807, 2.05) is 0 Å². The minimum Gasteiger partial charge on any atom is -0.484 e. The van der Waals surface area contributed by atoms with Crippen LogP contribution in [0.2, 0.25) is 0 Å². The van der Waals surface area contributed by atoms with Crippen LogP contribution < -0.4 is 10.5 Å². The summed E-state index contributed by atoms with van der Waals surface area (Å²) in [4.78, 5) is 3.90. The molecule has 16 heavy (non-hydrogen) atoms. The molecule has 1 rings (SSSR count). The van der Waals surface area contributed by atoms with Crippen molar-refractivity contribution in [1.82, 2.24) is 4.98 Å². The van der Waals surface area contributed by atoms with E-state index in [0.29, 0.717) is 5.69 Å². The maximum Gasteiger partial charge on any atom is 0.422 e. The highest BCUT2D eigenvalue weighted by atomic mass is 35.5. The van der Waals surface area contributed by atoms with Gasteiger partial charge in [0.25, 0.3) is 0 Å². The average molecular weight is 257 g/mol. The molecule has 1 aromatic rings. The van der Waals surface area contributed by atoms with Gasteiger partial charge in [0.15, 0.2) is 6.61 Å². The first-order chi connectivity index (χ1) is 6.88. The molecular weight excluding hydrogens is 245 g/mol. The third-order valence-electron chi connectivity index (χ3n) is 1.62. The zero-order valence-electron chi connectivity index (χ0n) is 8.49. The molecule has 0 aliphatic rings. The molecule has 92 valence electrons. The van der Waals surface area contributed by atoms with Crippen molar-refractivity contribution in [1.29, 1.82) is 0 Å². The summed E-state index contributed by atoms with van der Waals surface area (Å²) >= 11 is 0. The Bertz CT molecular complexity index is 331. The molecule has 1 aromatic heterocycles. The highest BCUT2D eigenvalue weighted by Gasteiger charge is 2.28. The Hall–Kier alpha value is -1.01. The lowest BCUT2D eigenvalue weighted by molar-refractivity contribution is -0.153. The van der Waals surface area contributed by atoms with Crippen molar-refractivity contribution in [3.8, 4) is 5.75 Å². The first kappa shape index (κ1) is 15.0. The van der Waals surface area contributed by atoms with Crippen LogP contribution >= 0.6 is 12.4 Å². The second-order valence-corrected chi connectivity index (χ2v) is 3.11. The summed E-state index contributed by atoms with van der Waals surface area (Å²) in [5.74, 6) is 0.120. The fourth-order valence-electron chi connectivity index (χ4n) is 0.932. The van der Waals surface area contributed by atoms with Crippen LogP contribution in [0, 0.1) is 0 Å². The maximum absolute atomic E-state index is 11.8. The van der Waals surface area contributed by atoms with Gasteiger partial charge in [-0.3, -0.25) is 4.98 Å². The van der Waals surface area contributed by atoms with Gasteiger partial charge in [-0.25, -0.2) is 0 Å². The summed E-state index contributed by atoms with van der Waals surface area (Å²) in [7, 11) is 0. The third-order valence-corrected chi connectivity index (χ3v) is 1.62. The number of aromatic nitrogens is 1. The van der Waals surface area contributed by atoms with E-state index in [0.717, 1.165) is 0 Å². The third kappa shape index (κ3) is 5.18. The van der Waals surface area contributed by atoms with Crippen molar-refractivity contribution < 1.29 is 17.9 Å². The molecule has 1 heterocycles. The standard InChI is InChI=1S/C9H11F3N2O.ClH/c1-6(13)8-4-7(2-3-14-8)15-5-9(10,11)12;/h2-4,6H,5,13H2,1H3;1H. The number of nitrogens with two attached hydrogens (primary N) is 1. The van der Waals surface area contributed by atoms with Gasteiger partial charge in [0, 0.05) is 18.3 Å². The van der Waals surface area contributed by atoms with Gasteiger partial charge in [-0.05, 0) is 13.0 Å². The van der Waals surface area contributed by atoms with E-state index >= 15 is 0 Å². The van der Waals surface area contributed by atoms with Crippen LogP contribution in [0.3, 0.4) is 0 Å². The molecule has 3 nitrogen and oxygen atoms in total. The lowest BCUT2D eigenvalue weighted by Gasteiger charge is -2.10. The van der Waals surface area contributed by atoms with E-state index in [-0.39, 0.29) is 24.2 Å². The predicted molar refractivity (Wildman–Crippen MR) is 55.6 cm³/mol. The SMILES string of the molecule is CC(N)c1cc(OCC(F)(F)F)ccn1.Cl. The Balaban J connectivity index is 0.00000225. The predicted octanol–water partition coefficient (Wildman–Crippen LogP) is 2.46. The molecule has 0 bridgehead atoms. The molecule has 2 N–H and O–H groups in total. The molecule has 7 heteroatoms. The highest BCUT2D eigenvalue weighted by molar-refractivity contribution is 5.85. The van der Waals surface area contributed by atoms with Gasteiger partial charge in [0.05, 0.1) is 5.69 Å². The van der Waals surface area contributed by atoms with Crippen molar-refractivity contribution in [3.05, 3.63) is 24.0 Å². The van der Waals surface area contributed by atoms with Gasteiger partial charge in [-0.2, -0.15) is 13.2 Å². The minimum atomic E-state index is -4.34. The molecule has 0 aromatic carbocycles.